The Labute approximate surface area is 166 Å². The van der Waals surface area contributed by atoms with E-state index in [1.165, 1.54) is 4.31 Å². The van der Waals surface area contributed by atoms with Crippen molar-refractivity contribution in [1.82, 2.24) is 19.4 Å². The molecule has 1 aromatic carbocycles. The van der Waals surface area contributed by atoms with Gasteiger partial charge in [-0.05, 0) is 38.9 Å². The number of nitrogens with zero attached hydrogens (tertiary/aromatic N) is 3. The van der Waals surface area contributed by atoms with Gasteiger partial charge in [0, 0.05) is 32.2 Å². The summed E-state index contributed by atoms with van der Waals surface area (Å²) in [6.07, 6.45) is 2.06. The molecular weight excluding hydrogens is 380 g/mol. The maximum Gasteiger partial charge on any atom is 0.243 e. The Morgan fingerprint density at radius 1 is 1.14 bits per heavy atom. The van der Waals surface area contributed by atoms with Gasteiger partial charge in [0.15, 0.2) is 0 Å². The quantitative estimate of drug-likeness (QED) is 0.692. The number of carbonyl (C=O) groups excluding carboxylic acids is 2. The summed E-state index contributed by atoms with van der Waals surface area (Å²) in [7, 11) is -1.78. The summed E-state index contributed by atoms with van der Waals surface area (Å²) in [5.74, 6) is -0.151. The average Bonchev–Trinajstić information content (AvgIpc) is 3.51. The van der Waals surface area contributed by atoms with Crippen molar-refractivity contribution >= 4 is 21.8 Å². The SMILES string of the molecule is CC(C(=O)N1CCN(S(=O)(=O)c2ccccc2)CC1)N(C)CC(=O)NC1CC1. The van der Waals surface area contributed by atoms with Gasteiger partial charge in [-0.1, -0.05) is 18.2 Å². The zero-order valence-corrected chi connectivity index (χ0v) is 17.2. The van der Waals surface area contributed by atoms with Crippen LogP contribution in [-0.4, -0.2) is 86.2 Å². The van der Waals surface area contributed by atoms with E-state index < -0.39 is 16.1 Å². The van der Waals surface area contributed by atoms with Gasteiger partial charge in [-0.3, -0.25) is 14.5 Å². The predicted octanol–water partition coefficient (Wildman–Crippen LogP) is 0.118. The minimum atomic E-state index is -3.54. The van der Waals surface area contributed by atoms with Gasteiger partial charge < -0.3 is 10.2 Å². The zero-order valence-electron chi connectivity index (χ0n) is 16.4. The molecule has 1 unspecified atom stereocenters. The van der Waals surface area contributed by atoms with E-state index in [0.717, 1.165) is 12.8 Å². The third kappa shape index (κ3) is 4.89. The van der Waals surface area contributed by atoms with E-state index >= 15 is 0 Å². The molecular formula is C19H28N4O4S. The molecule has 1 saturated heterocycles. The van der Waals surface area contributed by atoms with Crippen molar-refractivity contribution in [2.24, 2.45) is 0 Å². The van der Waals surface area contributed by atoms with Crippen molar-refractivity contribution in [3.8, 4) is 0 Å². The standard InChI is InChI=1S/C19H28N4O4S/c1-15(21(2)14-18(24)20-16-8-9-16)19(25)22-10-12-23(13-11-22)28(26,27)17-6-4-3-5-7-17/h3-7,15-16H,8-14H2,1-2H3,(H,20,24). The van der Waals surface area contributed by atoms with Gasteiger partial charge in [-0.15, -0.1) is 0 Å². The normalized spacial score (nSPS) is 19.5. The van der Waals surface area contributed by atoms with Gasteiger partial charge >= 0.3 is 0 Å². The number of amides is 2. The Kier molecular flexibility index (Phi) is 6.36. The van der Waals surface area contributed by atoms with Crippen molar-refractivity contribution in [3.63, 3.8) is 0 Å². The fraction of sp³-hybridized carbons (Fsp3) is 0.579. The lowest BCUT2D eigenvalue weighted by atomic mass is 10.2. The smallest absolute Gasteiger partial charge is 0.243 e. The molecule has 1 aliphatic carbocycles. The lowest BCUT2D eigenvalue weighted by Gasteiger charge is -2.36. The molecule has 0 bridgehead atoms. The molecule has 28 heavy (non-hydrogen) atoms. The predicted molar refractivity (Wildman–Crippen MR) is 105 cm³/mol. The third-order valence-electron chi connectivity index (χ3n) is 5.29. The molecule has 1 N–H and O–H groups in total. The maximum atomic E-state index is 12.8. The molecule has 1 aliphatic heterocycles. The highest BCUT2D eigenvalue weighted by Crippen LogP contribution is 2.19. The second kappa shape index (κ2) is 8.59. The highest BCUT2D eigenvalue weighted by molar-refractivity contribution is 7.89. The summed E-state index contributed by atoms with van der Waals surface area (Å²) in [5, 5.41) is 2.92. The number of carbonyl (C=O) groups is 2. The van der Waals surface area contributed by atoms with E-state index in [1.54, 1.807) is 54.1 Å². The summed E-state index contributed by atoms with van der Waals surface area (Å²) >= 11 is 0. The molecule has 2 fully saturated rings. The number of piperazine rings is 1. The first-order chi connectivity index (χ1) is 13.3. The minimum Gasteiger partial charge on any atom is -0.352 e. The van der Waals surface area contributed by atoms with Gasteiger partial charge in [-0.25, -0.2) is 8.42 Å². The Balaban J connectivity index is 1.52. The van der Waals surface area contributed by atoms with Crippen molar-refractivity contribution in [1.29, 1.82) is 0 Å². The van der Waals surface area contributed by atoms with E-state index in [0.29, 0.717) is 19.1 Å². The Morgan fingerprint density at radius 2 is 1.75 bits per heavy atom. The molecule has 1 heterocycles. The van der Waals surface area contributed by atoms with Crippen LogP contribution in [0.25, 0.3) is 0 Å². The van der Waals surface area contributed by atoms with E-state index in [1.807, 2.05) is 0 Å². The molecule has 0 radical (unpaired) electrons. The van der Waals surface area contributed by atoms with Crippen LogP contribution in [0, 0.1) is 0 Å². The van der Waals surface area contributed by atoms with Crippen LogP contribution in [0.2, 0.25) is 0 Å². The highest BCUT2D eigenvalue weighted by Gasteiger charge is 2.33. The van der Waals surface area contributed by atoms with Crippen LogP contribution >= 0.6 is 0 Å². The molecule has 2 aliphatic rings. The first-order valence-electron chi connectivity index (χ1n) is 9.62. The van der Waals surface area contributed by atoms with Crippen LogP contribution in [0.3, 0.4) is 0 Å². The second-order valence-electron chi connectivity index (χ2n) is 7.48. The first kappa shape index (κ1) is 20.8. The maximum absolute atomic E-state index is 12.8. The van der Waals surface area contributed by atoms with Crippen LogP contribution < -0.4 is 5.32 Å². The van der Waals surface area contributed by atoms with Crippen LogP contribution in [0.1, 0.15) is 19.8 Å². The fourth-order valence-corrected chi connectivity index (χ4v) is 4.65. The van der Waals surface area contributed by atoms with Gasteiger partial charge in [0.1, 0.15) is 0 Å². The number of sulfonamides is 1. The molecule has 154 valence electrons. The van der Waals surface area contributed by atoms with Crippen molar-refractivity contribution in [3.05, 3.63) is 30.3 Å². The van der Waals surface area contributed by atoms with Crippen LogP contribution in [-0.2, 0) is 19.6 Å². The summed E-state index contributed by atoms with van der Waals surface area (Å²) in [6.45, 7) is 3.17. The molecule has 8 nitrogen and oxygen atoms in total. The summed E-state index contributed by atoms with van der Waals surface area (Å²) in [4.78, 5) is 28.4. The van der Waals surface area contributed by atoms with E-state index in [2.05, 4.69) is 5.32 Å². The summed E-state index contributed by atoms with van der Waals surface area (Å²) in [5.41, 5.74) is 0. The summed E-state index contributed by atoms with van der Waals surface area (Å²) < 4.78 is 26.8. The lowest BCUT2D eigenvalue weighted by molar-refractivity contribution is -0.137. The number of hydrogen-bond donors (Lipinski definition) is 1. The molecule has 9 heteroatoms. The number of hydrogen-bond acceptors (Lipinski definition) is 5. The number of rotatable bonds is 7. The Bertz CT molecular complexity index is 802. The first-order valence-corrected chi connectivity index (χ1v) is 11.1. The van der Waals surface area contributed by atoms with Crippen molar-refractivity contribution in [2.75, 3.05) is 39.8 Å². The fourth-order valence-electron chi connectivity index (χ4n) is 3.21. The minimum absolute atomic E-state index is 0.0663. The summed E-state index contributed by atoms with van der Waals surface area (Å²) in [6, 6.07) is 8.19. The van der Waals surface area contributed by atoms with Crippen molar-refractivity contribution < 1.29 is 18.0 Å². The van der Waals surface area contributed by atoms with E-state index in [-0.39, 0.29) is 36.3 Å². The molecule has 1 saturated carbocycles. The number of nitrogens with one attached hydrogen (secondary N) is 1. The highest BCUT2D eigenvalue weighted by atomic mass is 32.2. The Morgan fingerprint density at radius 3 is 2.32 bits per heavy atom. The zero-order chi connectivity index (χ0) is 20.3. The average molecular weight is 409 g/mol. The molecule has 3 rings (SSSR count). The van der Waals surface area contributed by atoms with E-state index in [9.17, 15) is 18.0 Å². The molecule has 2 amide bonds. The number of likely N-dealkylation sites (N-methyl/N-ethyl adjacent to an activating group) is 1. The lowest BCUT2D eigenvalue weighted by Crippen LogP contribution is -2.55. The van der Waals surface area contributed by atoms with Crippen molar-refractivity contribution in [2.45, 2.75) is 36.7 Å². The van der Waals surface area contributed by atoms with Crippen LogP contribution in [0.4, 0.5) is 0 Å². The Hall–Kier alpha value is -1.97. The second-order valence-corrected chi connectivity index (χ2v) is 9.41. The van der Waals surface area contributed by atoms with E-state index in [4.69, 9.17) is 0 Å². The van der Waals surface area contributed by atoms with Crippen LogP contribution in [0.15, 0.2) is 35.2 Å². The van der Waals surface area contributed by atoms with Gasteiger partial charge in [0.05, 0.1) is 17.5 Å². The molecule has 0 spiro atoms. The number of benzene rings is 1. The topological polar surface area (TPSA) is 90.0 Å². The molecule has 1 aromatic rings. The molecule has 1 atom stereocenters. The van der Waals surface area contributed by atoms with Gasteiger partial charge in [0.2, 0.25) is 21.8 Å². The largest absolute Gasteiger partial charge is 0.352 e. The van der Waals surface area contributed by atoms with Gasteiger partial charge in [0.25, 0.3) is 0 Å². The van der Waals surface area contributed by atoms with Gasteiger partial charge in [-0.2, -0.15) is 4.31 Å². The molecule has 0 aromatic heterocycles. The third-order valence-corrected chi connectivity index (χ3v) is 7.20. The monoisotopic (exact) mass is 408 g/mol. The van der Waals surface area contributed by atoms with Crippen LogP contribution in [0.5, 0.6) is 0 Å².